The molecule has 0 aliphatic rings. The van der Waals surface area contributed by atoms with Gasteiger partial charge in [-0.3, -0.25) is 0 Å². The van der Waals surface area contributed by atoms with Gasteiger partial charge in [-0.2, -0.15) is 0 Å². The van der Waals surface area contributed by atoms with Crippen molar-refractivity contribution in [1.82, 2.24) is 0 Å². The Morgan fingerprint density at radius 1 is 1.14 bits per heavy atom. The Morgan fingerprint density at radius 2 is 1.83 bits per heavy atom. The number of benzene rings is 2. The van der Waals surface area contributed by atoms with Crippen LogP contribution in [-0.2, 0) is 22.5 Å². The van der Waals surface area contributed by atoms with Crippen LogP contribution < -0.4 is 4.74 Å². The lowest BCUT2D eigenvalue weighted by molar-refractivity contribution is 0.0331. The molecule has 0 aliphatic carbocycles. The van der Waals surface area contributed by atoms with Gasteiger partial charge in [0.05, 0.1) is 0 Å². The molecular formula is C24H30O5. The highest BCUT2D eigenvalue weighted by atomic mass is 16.7. The molecule has 5 heteroatoms. The van der Waals surface area contributed by atoms with Crippen LogP contribution in [0.15, 0.2) is 43.0 Å². The molecule has 29 heavy (non-hydrogen) atoms. The Morgan fingerprint density at radius 3 is 2.48 bits per heavy atom. The first-order valence-corrected chi connectivity index (χ1v) is 9.77. The van der Waals surface area contributed by atoms with Crippen LogP contribution in [0.4, 0.5) is 4.79 Å². The van der Waals surface area contributed by atoms with Gasteiger partial charge in [0.2, 0.25) is 0 Å². The van der Waals surface area contributed by atoms with E-state index in [0.717, 1.165) is 33.6 Å². The number of hydrogen-bond donors (Lipinski definition) is 1. The van der Waals surface area contributed by atoms with E-state index in [2.05, 4.69) is 6.58 Å². The van der Waals surface area contributed by atoms with E-state index >= 15 is 0 Å². The molecule has 2 aromatic rings. The maximum Gasteiger partial charge on any atom is 0.508 e. The average Bonchev–Trinajstić information content (AvgIpc) is 2.71. The number of aromatic hydroxyl groups is 1. The molecule has 156 valence electrons. The molecule has 1 atom stereocenters. The van der Waals surface area contributed by atoms with Gasteiger partial charge in [0.25, 0.3) is 0 Å². The molecule has 0 unspecified atom stereocenters. The zero-order chi connectivity index (χ0) is 21.4. The van der Waals surface area contributed by atoms with Gasteiger partial charge in [0, 0.05) is 5.56 Å². The Labute approximate surface area is 172 Å². The number of phenols is 1. The number of hydrogen-bond acceptors (Lipinski definition) is 5. The second-order valence-electron chi connectivity index (χ2n) is 7.12. The normalized spacial score (nSPS) is 11.6. The first-order chi connectivity index (χ1) is 13.8. The number of rotatable bonds is 9. The molecule has 0 fully saturated rings. The molecule has 0 bridgehead atoms. The Hall–Kier alpha value is -2.95. The van der Waals surface area contributed by atoms with Gasteiger partial charge >= 0.3 is 6.16 Å². The van der Waals surface area contributed by atoms with E-state index in [1.165, 1.54) is 6.08 Å². The quantitative estimate of drug-likeness (QED) is 0.443. The predicted molar refractivity (Wildman–Crippen MR) is 114 cm³/mol. The van der Waals surface area contributed by atoms with Crippen molar-refractivity contribution in [3.63, 3.8) is 0 Å². The summed E-state index contributed by atoms with van der Waals surface area (Å²) < 4.78 is 16.2. The average molecular weight is 398 g/mol. The molecule has 2 rings (SSSR count). The summed E-state index contributed by atoms with van der Waals surface area (Å²) in [5.41, 5.74) is 4.53. The van der Waals surface area contributed by atoms with E-state index in [4.69, 9.17) is 14.2 Å². The van der Waals surface area contributed by atoms with Gasteiger partial charge in [-0.15, -0.1) is 0 Å². The van der Waals surface area contributed by atoms with Crippen LogP contribution in [0.2, 0.25) is 0 Å². The minimum atomic E-state index is -0.717. The molecule has 0 amide bonds. The van der Waals surface area contributed by atoms with Crippen molar-refractivity contribution >= 4 is 6.16 Å². The first kappa shape index (κ1) is 22.3. The van der Waals surface area contributed by atoms with Crippen LogP contribution in [0.5, 0.6) is 11.5 Å². The smallest absolute Gasteiger partial charge is 0.507 e. The minimum absolute atomic E-state index is 0.116. The maximum absolute atomic E-state index is 11.6. The predicted octanol–water partition coefficient (Wildman–Crippen LogP) is 5.56. The summed E-state index contributed by atoms with van der Waals surface area (Å²) in [5.74, 6) is 1.06. The van der Waals surface area contributed by atoms with Gasteiger partial charge in [0.15, 0.2) is 0 Å². The van der Waals surface area contributed by atoms with Crippen molar-refractivity contribution in [2.75, 3.05) is 6.61 Å². The third-order valence-corrected chi connectivity index (χ3v) is 4.98. The minimum Gasteiger partial charge on any atom is -0.507 e. The topological polar surface area (TPSA) is 65.0 Å². The fraction of sp³-hybridized carbons (Fsp3) is 0.375. The molecule has 0 spiro atoms. The van der Waals surface area contributed by atoms with Crippen molar-refractivity contribution in [2.45, 2.75) is 53.2 Å². The molecule has 2 aromatic carbocycles. The fourth-order valence-electron chi connectivity index (χ4n) is 3.15. The fourth-order valence-corrected chi connectivity index (χ4v) is 3.15. The molecule has 0 radical (unpaired) electrons. The van der Waals surface area contributed by atoms with E-state index in [-0.39, 0.29) is 18.5 Å². The monoisotopic (exact) mass is 398 g/mol. The van der Waals surface area contributed by atoms with Crippen molar-refractivity contribution in [3.8, 4) is 11.5 Å². The second-order valence-corrected chi connectivity index (χ2v) is 7.12. The number of carbonyl (C=O) groups is 1. The lowest BCUT2D eigenvalue weighted by Crippen LogP contribution is -2.17. The van der Waals surface area contributed by atoms with Gasteiger partial charge in [-0.1, -0.05) is 43.0 Å². The summed E-state index contributed by atoms with van der Waals surface area (Å²) >= 11 is 0. The Balaban J connectivity index is 2.12. The molecule has 5 nitrogen and oxygen atoms in total. The highest BCUT2D eigenvalue weighted by Crippen LogP contribution is 2.38. The van der Waals surface area contributed by atoms with Gasteiger partial charge in [-0.25, -0.2) is 4.79 Å². The lowest BCUT2D eigenvalue weighted by Gasteiger charge is -2.21. The van der Waals surface area contributed by atoms with Crippen LogP contribution >= 0.6 is 0 Å². The molecule has 0 aromatic heterocycles. The molecule has 0 aliphatic heterocycles. The standard InChI is InChI=1S/C24H30O5/c1-6-14-27-24(26)29-16(2)12-13-21-19(5)23(18(4)17(3)22(21)25)28-15-20-10-8-7-9-11-20/h6-11,16,25H,1,12-15H2,2-5H3/t16-/m1/s1. The maximum atomic E-state index is 11.6. The van der Waals surface area contributed by atoms with Crippen molar-refractivity contribution < 1.29 is 24.1 Å². The highest BCUT2D eigenvalue weighted by Gasteiger charge is 2.19. The summed E-state index contributed by atoms with van der Waals surface area (Å²) in [7, 11) is 0. The molecule has 0 heterocycles. The Bertz CT molecular complexity index is 842. The van der Waals surface area contributed by atoms with Crippen LogP contribution in [-0.4, -0.2) is 24.0 Å². The SMILES string of the molecule is C=CCOC(=O)O[C@H](C)CCc1c(C)c(OCc2ccccc2)c(C)c(C)c1O. The first-order valence-electron chi connectivity index (χ1n) is 9.77. The van der Waals surface area contributed by atoms with Crippen LogP contribution in [0, 0.1) is 20.8 Å². The Kier molecular flexibility index (Phi) is 8.13. The van der Waals surface area contributed by atoms with E-state index in [9.17, 15) is 9.90 Å². The van der Waals surface area contributed by atoms with E-state index in [1.807, 2.05) is 51.1 Å². The summed E-state index contributed by atoms with van der Waals surface area (Å²) in [6, 6.07) is 9.96. The summed E-state index contributed by atoms with van der Waals surface area (Å²) in [4.78, 5) is 11.6. The largest absolute Gasteiger partial charge is 0.508 e. The highest BCUT2D eigenvalue weighted by molar-refractivity contribution is 5.60. The van der Waals surface area contributed by atoms with E-state index in [0.29, 0.717) is 19.4 Å². The molecule has 0 saturated carbocycles. The van der Waals surface area contributed by atoms with Crippen molar-refractivity contribution in [3.05, 3.63) is 70.8 Å². The van der Waals surface area contributed by atoms with Gasteiger partial charge in [-0.05, 0) is 62.8 Å². The van der Waals surface area contributed by atoms with Gasteiger partial charge in [0.1, 0.15) is 30.8 Å². The third kappa shape index (κ3) is 6.01. The van der Waals surface area contributed by atoms with E-state index < -0.39 is 6.16 Å². The lowest BCUT2D eigenvalue weighted by atomic mass is 9.94. The zero-order valence-electron chi connectivity index (χ0n) is 17.7. The van der Waals surface area contributed by atoms with Crippen molar-refractivity contribution in [2.24, 2.45) is 0 Å². The molecular weight excluding hydrogens is 368 g/mol. The third-order valence-electron chi connectivity index (χ3n) is 4.98. The van der Waals surface area contributed by atoms with Crippen LogP contribution in [0.3, 0.4) is 0 Å². The number of ether oxygens (including phenoxy) is 3. The van der Waals surface area contributed by atoms with Gasteiger partial charge < -0.3 is 19.3 Å². The van der Waals surface area contributed by atoms with Crippen LogP contribution in [0.25, 0.3) is 0 Å². The number of phenolic OH excluding ortho intramolecular Hbond substituents is 1. The zero-order valence-corrected chi connectivity index (χ0v) is 17.7. The van der Waals surface area contributed by atoms with Crippen LogP contribution in [0.1, 0.15) is 41.2 Å². The summed E-state index contributed by atoms with van der Waals surface area (Å²) in [6.45, 7) is 11.7. The van der Waals surface area contributed by atoms with E-state index in [1.54, 1.807) is 6.92 Å². The molecule has 1 N–H and O–H groups in total. The number of carbonyl (C=O) groups excluding carboxylic acids is 1. The summed E-state index contributed by atoms with van der Waals surface area (Å²) in [6.07, 6.45) is 1.53. The second kappa shape index (κ2) is 10.6. The molecule has 0 saturated heterocycles. The summed E-state index contributed by atoms with van der Waals surface area (Å²) in [5, 5.41) is 10.7. The van der Waals surface area contributed by atoms with Crippen molar-refractivity contribution in [1.29, 1.82) is 0 Å².